The molecule has 0 saturated carbocycles. The highest BCUT2D eigenvalue weighted by Gasteiger charge is 2.16. The van der Waals surface area contributed by atoms with Crippen LogP contribution >= 0.6 is 34.9 Å². The number of benzene rings is 1. The van der Waals surface area contributed by atoms with Crippen molar-refractivity contribution in [3.05, 3.63) is 35.4 Å². The van der Waals surface area contributed by atoms with E-state index in [2.05, 4.69) is 10.2 Å². The maximum atomic E-state index is 13.7. The third kappa shape index (κ3) is 4.65. The molecule has 0 aliphatic rings. The molecule has 2 N–H and O–H groups in total. The Bertz CT molecular complexity index is 650. The molecule has 4 nitrogen and oxygen atoms in total. The number of thioether (sulfide) groups is 2. The van der Waals surface area contributed by atoms with Crippen molar-refractivity contribution in [2.45, 2.75) is 20.9 Å². The first-order chi connectivity index (χ1) is 9.95. The fourth-order valence-corrected chi connectivity index (χ4v) is 4.52. The predicted octanol–water partition coefficient (Wildman–Crippen LogP) is 3.25. The Kier molecular flexibility index (Phi) is 5.54. The molecular weight excluding hydrogens is 336 g/mol. The van der Waals surface area contributed by atoms with E-state index in [1.165, 1.54) is 40.9 Å². The molecule has 21 heavy (non-hydrogen) atoms. The molecule has 0 bridgehead atoms. The number of nitrogens with zero attached hydrogens (tertiary/aromatic N) is 2. The normalized spacial score (nSPS) is 12.3. The second-order valence-electron chi connectivity index (χ2n) is 4.01. The Labute approximate surface area is 132 Å². The number of nitrogens with two attached hydrogens (primary N) is 1. The highest BCUT2D eigenvalue weighted by molar-refractivity contribution is 8.03. The smallest absolute Gasteiger partial charge is 0.227 e. The van der Waals surface area contributed by atoms with Crippen LogP contribution in [0.3, 0.4) is 0 Å². The van der Waals surface area contributed by atoms with Gasteiger partial charge in [-0.1, -0.05) is 34.9 Å². The van der Waals surface area contributed by atoms with Gasteiger partial charge in [0, 0.05) is 10.8 Å². The number of rotatable bonds is 6. The van der Waals surface area contributed by atoms with Crippen LogP contribution in [0, 0.1) is 11.6 Å². The van der Waals surface area contributed by atoms with Crippen molar-refractivity contribution in [3.8, 4) is 0 Å². The summed E-state index contributed by atoms with van der Waals surface area (Å²) in [4.78, 5) is 10.7. The summed E-state index contributed by atoms with van der Waals surface area (Å²) in [5, 5.41) is 7.56. The summed E-state index contributed by atoms with van der Waals surface area (Å²) < 4.78 is 28.1. The van der Waals surface area contributed by atoms with Crippen LogP contribution in [0.1, 0.15) is 17.7 Å². The average molecular weight is 347 g/mol. The summed E-state index contributed by atoms with van der Waals surface area (Å²) in [6, 6.07) is 3.37. The van der Waals surface area contributed by atoms with Crippen LogP contribution in [-0.2, 0) is 4.79 Å². The topological polar surface area (TPSA) is 68.9 Å². The molecule has 1 atom stereocenters. The largest absolute Gasteiger partial charge is 0.369 e. The number of hydrogen-bond donors (Lipinski definition) is 1. The number of amides is 1. The second-order valence-corrected chi connectivity index (χ2v) is 7.80. The monoisotopic (exact) mass is 347 g/mol. The lowest BCUT2D eigenvalue weighted by Crippen LogP contribution is -2.12. The SMILES string of the molecule is CC(Sc1nnc(SCC(N)=O)s1)c1cc(F)ccc1F. The zero-order valence-corrected chi connectivity index (χ0v) is 13.3. The van der Waals surface area contributed by atoms with Crippen LogP contribution < -0.4 is 5.73 Å². The zero-order chi connectivity index (χ0) is 15.4. The molecule has 9 heteroatoms. The molecule has 2 aromatic rings. The van der Waals surface area contributed by atoms with Crippen molar-refractivity contribution in [3.63, 3.8) is 0 Å². The van der Waals surface area contributed by atoms with E-state index in [1.807, 2.05) is 0 Å². The van der Waals surface area contributed by atoms with E-state index in [-0.39, 0.29) is 16.6 Å². The molecule has 1 aromatic carbocycles. The maximum absolute atomic E-state index is 13.7. The van der Waals surface area contributed by atoms with Crippen LogP contribution in [0.15, 0.2) is 26.9 Å². The van der Waals surface area contributed by atoms with Gasteiger partial charge in [-0.2, -0.15) is 0 Å². The fourth-order valence-electron chi connectivity index (χ4n) is 1.48. The van der Waals surface area contributed by atoms with Crippen molar-refractivity contribution in [2.24, 2.45) is 5.73 Å². The van der Waals surface area contributed by atoms with Gasteiger partial charge in [0.2, 0.25) is 5.91 Å². The lowest BCUT2D eigenvalue weighted by atomic mass is 10.1. The van der Waals surface area contributed by atoms with Gasteiger partial charge in [0.05, 0.1) is 5.75 Å². The molecule has 0 fully saturated rings. The van der Waals surface area contributed by atoms with Gasteiger partial charge >= 0.3 is 0 Å². The highest BCUT2D eigenvalue weighted by Crippen LogP contribution is 2.39. The van der Waals surface area contributed by atoms with Gasteiger partial charge in [-0.3, -0.25) is 4.79 Å². The zero-order valence-electron chi connectivity index (χ0n) is 10.9. The first-order valence-corrected chi connectivity index (χ1v) is 8.50. The summed E-state index contributed by atoms with van der Waals surface area (Å²) >= 11 is 3.77. The number of carbonyl (C=O) groups excluding carboxylic acids is 1. The van der Waals surface area contributed by atoms with E-state index in [0.29, 0.717) is 8.68 Å². The Balaban J connectivity index is 2.04. The van der Waals surface area contributed by atoms with E-state index >= 15 is 0 Å². The highest BCUT2D eigenvalue weighted by atomic mass is 32.2. The minimum Gasteiger partial charge on any atom is -0.369 e. The number of aromatic nitrogens is 2. The van der Waals surface area contributed by atoms with Crippen molar-refractivity contribution >= 4 is 40.8 Å². The minimum absolute atomic E-state index is 0.132. The summed E-state index contributed by atoms with van der Waals surface area (Å²) in [7, 11) is 0. The summed E-state index contributed by atoms with van der Waals surface area (Å²) in [6.07, 6.45) is 0. The fraction of sp³-hybridized carbons (Fsp3) is 0.250. The number of carbonyl (C=O) groups is 1. The van der Waals surface area contributed by atoms with Crippen molar-refractivity contribution in [1.82, 2.24) is 10.2 Å². The van der Waals surface area contributed by atoms with Crippen LogP contribution in [0.25, 0.3) is 0 Å². The van der Waals surface area contributed by atoms with E-state index in [0.717, 1.165) is 12.1 Å². The van der Waals surface area contributed by atoms with Crippen LogP contribution in [0.5, 0.6) is 0 Å². The van der Waals surface area contributed by atoms with E-state index in [4.69, 9.17) is 5.73 Å². The molecule has 1 unspecified atom stereocenters. The number of primary amides is 1. The number of hydrogen-bond acceptors (Lipinski definition) is 6. The predicted molar refractivity (Wildman–Crippen MR) is 80.5 cm³/mol. The van der Waals surface area contributed by atoms with Gasteiger partial charge in [-0.15, -0.1) is 10.2 Å². The molecule has 0 aliphatic heterocycles. The number of halogens is 2. The third-order valence-corrected chi connectivity index (χ3v) is 5.70. The minimum atomic E-state index is -0.478. The van der Waals surface area contributed by atoms with Gasteiger partial charge < -0.3 is 5.73 Å². The summed E-state index contributed by atoms with van der Waals surface area (Å²) in [5.41, 5.74) is 5.33. The van der Waals surface area contributed by atoms with Gasteiger partial charge in [0.1, 0.15) is 11.6 Å². The quantitative estimate of drug-likeness (QED) is 0.813. The Morgan fingerprint density at radius 1 is 1.38 bits per heavy atom. The molecule has 0 radical (unpaired) electrons. The first-order valence-electron chi connectivity index (χ1n) is 5.82. The maximum Gasteiger partial charge on any atom is 0.227 e. The molecule has 0 saturated heterocycles. The first kappa shape index (κ1) is 16.2. The molecule has 1 aromatic heterocycles. The lowest BCUT2D eigenvalue weighted by molar-refractivity contribution is -0.115. The summed E-state index contributed by atoms with van der Waals surface area (Å²) in [5.74, 6) is -1.23. The second kappa shape index (κ2) is 7.19. The van der Waals surface area contributed by atoms with Gasteiger partial charge in [0.15, 0.2) is 8.68 Å². The van der Waals surface area contributed by atoms with Gasteiger partial charge in [-0.25, -0.2) is 8.78 Å². The van der Waals surface area contributed by atoms with Gasteiger partial charge in [0.25, 0.3) is 0 Å². The van der Waals surface area contributed by atoms with E-state index in [9.17, 15) is 13.6 Å². The Morgan fingerprint density at radius 3 is 2.81 bits per heavy atom. The molecule has 0 aliphatic carbocycles. The lowest BCUT2D eigenvalue weighted by Gasteiger charge is -2.10. The molecular formula is C12H11F2N3OS3. The standard InChI is InChI=1S/C12H11F2N3OS3/c1-6(8-4-7(13)2-3-9(8)14)20-12-17-16-11(21-12)19-5-10(15)18/h2-4,6H,5H2,1H3,(H2,15,18). The van der Waals surface area contributed by atoms with Crippen molar-refractivity contribution < 1.29 is 13.6 Å². The molecule has 112 valence electrons. The van der Waals surface area contributed by atoms with Gasteiger partial charge in [-0.05, 0) is 25.1 Å². The molecule has 1 heterocycles. The Hall–Kier alpha value is -1.19. The van der Waals surface area contributed by atoms with E-state index in [1.54, 1.807) is 6.92 Å². The van der Waals surface area contributed by atoms with Crippen LogP contribution in [-0.4, -0.2) is 21.9 Å². The average Bonchev–Trinajstić information content (AvgIpc) is 2.86. The third-order valence-electron chi connectivity index (χ3n) is 2.40. The van der Waals surface area contributed by atoms with Crippen LogP contribution in [0.2, 0.25) is 0 Å². The van der Waals surface area contributed by atoms with Crippen molar-refractivity contribution in [2.75, 3.05) is 5.75 Å². The molecule has 0 spiro atoms. The molecule has 1 amide bonds. The summed E-state index contributed by atoms with van der Waals surface area (Å²) in [6.45, 7) is 1.76. The van der Waals surface area contributed by atoms with Crippen molar-refractivity contribution in [1.29, 1.82) is 0 Å². The Morgan fingerprint density at radius 2 is 2.10 bits per heavy atom. The molecule has 2 rings (SSSR count). The van der Waals surface area contributed by atoms with E-state index < -0.39 is 17.5 Å². The van der Waals surface area contributed by atoms with Crippen LogP contribution in [0.4, 0.5) is 8.78 Å².